The highest BCUT2D eigenvalue weighted by atomic mass is 16.5. The average molecular weight is 233 g/mol. The number of benzene rings is 1. The van der Waals surface area contributed by atoms with Gasteiger partial charge in [0.15, 0.2) is 0 Å². The third kappa shape index (κ3) is 3.47. The molecule has 0 aliphatic carbocycles. The lowest BCUT2D eigenvalue weighted by Gasteiger charge is -2.19. The molecule has 1 aromatic rings. The third-order valence-corrected chi connectivity index (χ3v) is 3.37. The van der Waals surface area contributed by atoms with Gasteiger partial charge in [-0.1, -0.05) is 32.9 Å². The Bertz CT molecular complexity index is 344. The van der Waals surface area contributed by atoms with E-state index in [1.54, 1.807) is 0 Å². The molecule has 94 valence electrons. The highest BCUT2D eigenvalue weighted by Crippen LogP contribution is 2.24. The van der Waals surface area contributed by atoms with Crippen LogP contribution in [0.25, 0.3) is 0 Å². The molecule has 0 amide bonds. The topological polar surface area (TPSA) is 21.3 Å². The molecule has 2 nitrogen and oxygen atoms in total. The van der Waals surface area contributed by atoms with Crippen LogP contribution in [0.15, 0.2) is 24.3 Å². The smallest absolute Gasteiger partial charge is 0.119 e. The highest BCUT2D eigenvalue weighted by Gasteiger charge is 2.16. The van der Waals surface area contributed by atoms with Crippen molar-refractivity contribution in [2.24, 2.45) is 5.92 Å². The summed E-state index contributed by atoms with van der Waals surface area (Å²) in [5.41, 5.74) is 1.57. The van der Waals surface area contributed by atoms with E-state index < -0.39 is 0 Å². The number of rotatable bonds is 3. The summed E-state index contributed by atoms with van der Waals surface area (Å²) in [5, 5.41) is 3.36. The molecule has 0 radical (unpaired) electrons. The van der Waals surface area contributed by atoms with Crippen molar-refractivity contribution in [3.63, 3.8) is 0 Å². The first kappa shape index (κ1) is 12.4. The van der Waals surface area contributed by atoms with Crippen LogP contribution in [0.2, 0.25) is 0 Å². The van der Waals surface area contributed by atoms with Gasteiger partial charge in [0, 0.05) is 12.5 Å². The van der Waals surface area contributed by atoms with Crippen molar-refractivity contribution in [2.45, 2.75) is 32.6 Å². The van der Waals surface area contributed by atoms with E-state index in [1.807, 2.05) is 0 Å². The standard InChI is InChI=1S/C15H23NO/c1-15(2,3)13-4-6-14(7-5-13)17-11-12-8-9-16-10-12/h4-7,12,16H,8-11H2,1-3H3/t12-/m1/s1. The van der Waals surface area contributed by atoms with Crippen molar-refractivity contribution < 1.29 is 4.74 Å². The summed E-state index contributed by atoms with van der Waals surface area (Å²) in [6.45, 7) is 9.76. The fourth-order valence-electron chi connectivity index (χ4n) is 2.12. The summed E-state index contributed by atoms with van der Waals surface area (Å²) in [6.07, 6.45) is 1.24. The minimum Gasteiger partial charge on any atom is -0.493 e. The van der Waals surface area contributed by atoms with E-state index in [9.17, 15) is 0 Å². The second-order valence-electron chi connectivity index (χ2n) is 5.94. The number of ether oxygens (including phenoxy) is 1. The van der Waals surface area contributed by atoms with Gasteiger partial charge >= 0.3 is 0 Å². The van der Waals surface area contributed by atoms with Gasteiger partial charge in [-0.05, 0) is 36.1 Å². The molecule has 1 aromatic carbocycles. The highest BCUT2D eigenvalue weighted by molar-refractivity contribution is 5.31. The van der Waals surface area contributed by atoms with E-state index in [0.29, 0.717) is 5.92 Å². The van der Waals surface area contributed by atoms with Gasteiger partial charge in [0.1, 0.15) is 5.75 Å². The minimum absolute atomic E-state index is 0.216. The molecule has 2 heteroatoms. The molecular formula is C15H23NO. The van der Waals surface area contributed by atoms with Gasteiger partial charge in [0.25, 0.3) is 0 Å². The SMILES string of the molecule is CC(C)(C)c1ccc(OC[C@@H]2CCNC2)cc1. The fraction of sp³-hybridized carbons (Fsp3) is 0.600. The second kappa shape index (κ2) is 5.09. The maximum absolute atomic E-state index is 5.82. The molecular weight excluding hydrogens is 210 g/mol. The monoisotopic (exact) mass is 233 g/mol. The number of hydrogen-bond acceptors (Lipinski definition) is 2. The Kier molecular flexibility index (Phi) is 3.72. The zero-order valence-electron chi connectivity index (χ0n) is 11.1. The van der Waals surface area contributed by atoms with Gasteiger partial charge in [-0.25, -0.2) is 0 Å². The van der Waals surface area contributed by atoms with E-state index >= 15 is 0 Å². The van der Waals surface area contributed by atoms with Gasteiger partial charge in [0.2, 0.25) is 0 Å². The maximum Gasteiger partial charge on any atom is 0.119 e. The minimum atomic E-state index is 0.216. The summed E-state index contributed by atoms with van der Waals surface area (Å²) in [6, 6.07) is 8.51. The Morgan fingerprint density at radius 3 is 2.47 bits per heavy atom. The molecule has 1 aliphatic heterocycles. The maximum atomic E-state index is 5.82. The lowest BCUT2D eigenvalue weighted by Crippen LogP contribution is -2.15. The van der Waals surface area contributed by atoms with Crippen molar-refractivity contribution in [3.05, 3.63) is 29.8 Å². The molecule has 17 heavy (non-hydrogen) atoms. The molecule has 0 spiro atoms. The molecule has 0 aromatic heterocycles. The predicted molar refractivity (Wildman–Crippen MR) is 71.6 cm³/mol. The first-order chi connectivity index (χ1) is 8.05. The van der Waals surface area contributed by atoms with Crippen molar-refractivity contribution >= 4 is 0 Å². The molecule has 0 bridgehead atoms. The van der Waals surface area contributed by atoms with Gasteiger partial charge < -0.3 is 10.1 Å². The molecule has 2 rings (SSSR count). The Balaban J connectivity index is 1.89. The number of hydrogen-bond donors (Lipinski definition) is 1. The lowest BCUT2D eigenvalue weighted by atomic mass is 9.87. The third-order valence-electron chi connectivity index (χ3n) is 3.37. The molecule has 1 fully saturated rings. The molecule has 0 saturated carbocycles. The summed E-state index contributed by atoms with van der Waals surface area (Å²) >= 11 is 0. The molecule has 1 atom stereocenters. The quantitative estimate of drug-likeness (QED) is 0.866. The molecule has 1 saturated heterocycles. The van der Waals surface area contributed by atoms with Crippen LogP contribution in [0.4, 0.5) is 0 Å². The summed E-state index contributed by atoms with van der Waals surface area (Å²) < 4.78 is 5.82. The summed E-state index contributed by atoms with van der Waals surface area (Å²) in [4.78, 5) is 0. The normalized spacial score (nSPS) is 20.5. The van der Waals surface area contributed by atoms with Gasteiger partial charge in [-0.15, -0.1) is 0 Å². The molecule has 1 aliphatic rings. The van der Waals surface area contributed by atoms with E-state index in [4.69, 9.17) is 4.74 Å². The van der Waals surface area contributed by atoms with Crippen LogP contribution in [-0.2, 0) is 5.41 Å². The van der Waals surface area contributed by atoms with Crippen molar-refractivity contribution in [1.29, 1.82) is 0 Å². The van der Waals surface area contributed by atoms with Crippen LogP contribution in [-0.4, -0.2) is 19.7 Å². The van der Waals surface area contributed by atoms with Gasteiger partial charge in [-0.3, -0.25) is 0 Å². The van der Waals surface area contributed by atoms with Gasteiger partial charge in [0.05, 0.1) is 6.61 Å². The molecule has 1 heterocycles. The van der Waals surface area contributed by atoms with Crippen LogP contribution in [0.1, 0.15) is 32.8 Å². The van der Waals surface area contributed by atoms with Crippen LogP contribution in [0.3, 0.4) is 0 Å². The van der Waals surface area contributed by atoms with Crippen LogP contribution < -0.4 is 10.1 Å². The zero-order chi connectivity index (χ0) is 12.3. The van der Waals surface area contributed by atoms with Crippen LogP contribution in [0.5, 0.6) is 5.75 Å². The summed E-state index contributed by atoms with van der Waals surface area (Å²) in [7, 11) is 0. The Hall–Kier alpha value is -1.02. The summed E-state index contributed by atoms with van der Waals surface area (Å²) in [5.74, 6) is 1.67. The fourth-order valence-corrected chi connectivity index (χ4v) is 2.12. The first-order valence-electron chi connectivity index (χ1n) is 6.50. The Morgan fingerprint density at radius 1 is 1.24 bits per heavy atom. The van der Waals surface area contributed by atoms with Crippen molar-refractivity contribution in [3.8, 4) is 5.75 Å². The first-order valence-corrected chi connectivity index (χ1v) is 6.50. The van der Waals surface area contributed by atoms with Crippen molar-refractivity contribution in [2.75, 3.05) is 19.7 Å². The molecule has 1 N–H and O–H groups in total. The predicted octanol–water partition coefficient (Wildman–Crippen LogP) is 2.97. The Labute approximate surface area is 104 Å². The average Bonchev–Trinajstić information content (AvgIpc) is 2.78. The van der Waals surface area contributed by atoms with Crippen molar-refractivity contribution in [1.82, 2.24) is 5.32 Å². The lowest BCUT2D eigenvalue weighted by molar-refractivity contribution is 0.260. The number of nitrogens with one attached hydrogen (secondary N) is 1. The molecule has 0 unspecified atom stereocenters. The zero-order valence-corrected chi connectivity index (χ0v) is 11.1. The van der Waals surface area contributed by atoms with E-state index in [1.165, 1.54) is 12.0 Å². The van der Waals surface area contributed by atoms with E-state index in [2.05, 4.69) is 50.4 Å². The van der Waals surface area contributed by atoms with Crippen LogP contribution >= 0.6 is 0 Å². The van der Waals surface area contributed by atoms with Crippen LogP contribution in [0, 0.1) is 5.92 Å². The second-order valence-corrected chi connectivity index (χ2v) is 5.94. The largest absolute Gasteiger partial charge is 0.493 e. The van der Waals surface area contributed by atoms with E-state index in [0.717, 1.165) is 25.4 Å². The van der Waals surface area contributed by atoms with Gasteiger partial charge in [-0.2, -0.15) is 0 Å². The van der Waals surface area contributed by atoms with E-state index in [-0.39, 0.29) is 5.41 Å². The Morgan fingerprint density at radius 2 is 1.94 bits per heavy atom.